The molecule has 1 heteroatoms. The van der Waals surface area contributed by atoms with Gasteiger partial charge in [0.1, 0.15) is 0 Å². The fourth-order valence-electron chi connectivity index (χ4n) is 3.31. The summed E-state index contributed by atoms with van der Waals surface area (Å²) >= 11 is 0. The average Bonchev–Trinajstić information content (AvgIpc) is 2.15. The van der Waals surface area contributed by atoms with Crippen molar-refractivity contribution in [3.8, 4) is 0 Å². The monoisotopic (exact) mass is 194 g/mol. The first-order chi connectivity index (χ1) is 6.59. The van der Waals surface area contributed by atoms with E-state index >= 15 is 0 Å². The molecule has 80 valence electrons. The van der Waals surface area contributed by atoms with Gasteiger partial charge in [-0.15, -0.1) is 0 Å². The maximum atomic E-state index is 10.1. The molecule has 2 aliphatic carbocycles. The molecule has 0 amide bonds. The second kappa shape index (κ2) is 3.69. The molecule has 2 rings (SSSR count). The fraction of sp³-hybridized carbons (Fsp3) is 0.846. The van der Waals surface area contributed by atoms with Gasteiger partial charge in [-0.3, -0.25) is 0 Å². The topological polar surface area (TPSA) is 20.2 Å². The number of fused-ring (bicyclic) bond motifs is 1. The number of hydrogen-bond acceptors (Lipinski definition) is 1. The summed E-state index contributed by atoms with van der Waals surface area (Å²) in [5, 5.41) is 10.1. The Morgan fingerprint density at radius 1 is 1.21 bits per heavy atom. The predicted octanol–water partition coefficient (Wildman–Crippen LogP) is 3.14. The molecule has 2 aliphatic rings. The first-order valence-corrected chi connectivity index (χ1v) is 5.98. The quantitative estimate of drug-likeness (QED) is 0.636. The third kappa shape index (κ3) is 1.88. The summed E-state index contributed by atoms with van der Waals surface area (Å²) in [6.45, 7) is 3.95. The molecule has 1 fully saturated rings. The molecule has 0 saturated heterocycles. The predicted molar refractivity (Wildman–Crippen MR) is 59.0 cm³/mol. The molecular formula is C13H22O. The molecule has 0 bridgehead atoms. The number of rotatable bonds is 1. The van der Waals surface area contributed by atoms with E-state index in [4.69, 9.17) is 0 Å². The minimum absolute atomic E-state index is 0.484. The molecule has 0 unspecified atom stereocenters. The highest BCUT2D eigenvalue weighted by molar-refractivity contribution is 5.05. The van der Waals surface area contributed by atoms with Gasteiger partial charge in [0.05, 0.1) is 5.60 Å². The van der Waals surface area contributed by atoms with E-state index in [0.29, 0.717) is 5.92 Å². The van der Waals surface area contributed by atoms with E-state index in [1.807, 2.05) is 13.8 Å². The first kappa shape index (κ1) is 10.2. The van der Waals surface area contributed by atoms with Crippen LogP contribution in [-0.2, 0) is 0 Å². The van der Waals surface area contributed by atoms with Crippen LogP contribution in [0.3, 0.4) is 0 Å². The van der Waals surface area contributed by atoms with Crippen LogP contribution >= 0.6 is 0 Å². The minimum Gasteiger partial charge on any atom is -0.390 e. The summed E-state index contributed by atoms with van der Waals surface area (Å²) in [5.74, 6) is 1.99. The lowest BCUT2D eigenvalue weighted by molar-refractivity contribution is -0.0305. The van der Waals surface area contributed by atoms with Crippen molar-refractivity contribution in [2.45, 2.75) is 51.6 Å². The Labute approximate surface area is 87.2 Å². The fourth-order valence-corrected chi connectivity index (χ4v) is 3.31. The van der Waals surface area contributed by atoms with Crippen LogP contribution in [0.25, 0.3) is 0 Å². The molecule has 14 heavy (non-hydrogen) atoms. The van der Waals surface area contributed by atoms with Crippen LogP contribution in [0.1, 0.15) is 46.0 Å². The van der Waals surface area contributed by atoms with E-state index in [-0.39, 0.29) is 0 Å². The minimum atomic E-state index is -0.495. The van der Waals surface area contributed by atoms with Crippen LogP contribution in [0.5, 0.6) is 0 Å². The Hall–Kier alpha value is -0.300. The van der Waals surface area contributed by atoms with Crippen molar-refractivity contribution in [1.29, 1.82) is 0 Å². The van der Waals surface area contributed by atoms with Crippen molar-refractivity contribution in [2.75, 3.05) is 0 Å². The maximum Gasteiger partial charge on any atom is 0.0625 e. The van der Waals surface area contributed by atoms with Crippen molar-refractivity contribution in [1.82, 2.24) is 0 Å². The Morgan fingerprint density at radius 2 is 1.93 bits per heavy atom. The molecule has 1 saturated carbocycles. The van der Waals surface area contributed by atoms with Gasteiger partial charge in [-0.05, 0) is 50.9 Å². The van der Waals surface area contributed by atoms with Crippen LogP contribution in [0.2, 0.25) is 0 Å². The van der Waals surface area contributed by atoms with Gasteiger partial charge in [0.25, 0.3) is 0 Å². The van der Waals surface area contributed by atoms with Crippen LogP contribution in [0.4, 0.5) is 0 Å². The van der Waals surface area contributed by atoms with Crippen molar-refractivity contribution in [3.63, 3.8) is 0 Å². The van der Waals surface area contributed by atoms with Gasteiger partial charge >= 0.3 is 0 Å². The normalized spacial score (nSPS) is 38.1. The van der Waals surface area contributed by atoms with E-state index < -0.39 is 5.60 Å². The van der Waals surface area contributed by atoms with Crippen molar-refractivity contribution >= 4 is 0 Å². The van der Waals surface area contributed by atoms with Crippen molar-refractivity contribution in [3.05, 3.63) is 12.2 Å². The van der Waals surface area contributed by atoms with Gasteiger partial charge < -0.3 is 5.11 Å². The Balaban J connectivity index is 2.15. The van der Waals surface area contributed by atoms with Gasteiger partial charge in [-0.25, -0.2) is 0 Å². The second-order valence-electron chi connectivity index (χ2n) is 5.54. The molecule has 1 nitrogen and oxygen atoms in total. The smallest absolute Gasteiger partial charge is 0.0625 e. The number of hydrogen-bond donors (Lipinski definition) is 1. The molecule has 0 aliphatic heterocycles. The summed E-state index contributed by atoms with van der Waals surface area (Å²) in [4.78, 5) is 0. The lowest BCUT2D eigenvalue weighted by Crippen LogP contribution is -2.41. The summed E-state index contributed by atoms with van der Waals surface area (Å²) in [5.41, 5.74) is -0.495. The van der Waals surface area contributed by atoms with Crippen LogP contribution in [-0.4, -0.2) is 10.7 Å². The zero-order chi connectivity index (χ0) is 10.2. The Bertz CT molecular complexity index is 224. The molecule has 1 N–H and O–H groups in total. The summed E-state index contributed by atoms with van der Waals surface area (Å²) in [6.07, 6.45) is 11.2. The zero-order valence-corrected chi connectivity index (χ0v) is 9.37. The van der Waals surface area contributed by atoms with Gasteiger partial charge in [0.2, 0.25) is 0 Å². The lowest BCUT2D eigenvalue weighted by atomic mass is 9.64. The van der Waals surface area contributed by atoms with E-state index in [2.05, 4.69) is 12.2 Å². The molecule has 0 spiro atoms. The summed E-state index contributed by atoms with van der Waals surface area (Å²) in [6, 6.07) is 0. The highest BCUT2D eigenvalue weighted by Crippen LogP contribution is 2.44. The third-order valence-corrected chi connectivity index (χ3v) is 4.07. The highest BCUT2D eigenvalue weighted by atomic mass is 16.3. The second-order valence-corrected chi connectivity index (χ2v) is 5.54. The van der Waals surface area contributed by atoms with E-state index in [1.54, 1.807) is 0 Å². The highest BCUT2D eigenvalue weighted by Gasteiger charge is 2.39. The van der Waals surface area contributed by atoms with Gasteiger partial charge in [-0.1, -0.05) is 25.0 Å². The van der Waals surface area contributed by atoms with Crippen molar-refractivity contribution in [2.24, 2.45) is 17.8 Å². The molecule has 0 heterocycles. The molecule has 0 aromatic heterocycles. The van der Waals surface area contributed by atoms with Crippen LogP contribution < -0.4 is 0 Å². The standard InChI is InChI=1S/C13H22O/c1-13(2,14)12-9-5-7-10-6-3-4-8-11(10)12/h5,7,10-12,14H,3-4,6,8-9H2,1-2H3/t10-,11+,12+/m1/s1. The van der Waals surface area contributed by atoms with Gasteiger partial charge in [0.15, 0.2) is 0 Å². The zero-order valence-electron chi connectivity index (χ0n) is 9.37. The third-order valence-electron chi connectivity index (χ3n) is 4.07. The van der Waals surface area contributed by atoms with Crippen molar-refractivity contribution < 1.29 is 5.11 Å². The number of allylic oxidation sites excluding steroid dienone is 2. The van der Waals surface area contributed by atoms with E-state index in [0.717, 1.165) is 18.3 Å². The largest absolute Gasteiger partial charge is 0.390 e. The summed E-state index contributed by atoms with van der Waals surface area (Å²) in [7, 11) is 0. The first-order valence-electron chi connectivity index (χ1n) is 5.98. The Morgan fingerprint density at radius 3 is 2.64 bits per heavy atom. The molecule has 3 atom stereocenters. The van der Waals surface area contributed by atoms with E-state index in [1.165, 1.54) is 25.7 Å². The lowest BCUT2D eigenvalue weighted by Gasteiger charge is -2.43. The molecular weight excluding hydrogens is 172 g/mol. The SMILES string of the molecule is CC(C)(O)[C@H]1CC=C[C@H]2CCCC[C@@H]21. The Kier molecular flexibility index (Phi) is 2.70. The maximum absolute atomic E-state index is 10.1. The van der Waals surface area contributed by atoms with Gasteiger partial charge in [-0.2, -0.15) is 0 Å². The number of aliphatic hydroxyl groups is 1. The molecule has 0 aromatic carbocycles. The van der Waals surface area contributed by atoms with Crippen LogP contribution in [0, 0.1) is 17.8 Å². The van der Waals surface area contributed by atoms with Gasteiger partial charge in [0, 0.05) is 0 Å². The van der Waals surface area contributed by atoms with E-state index in [9.17, 15) is 5.11 Å². The molecule has 0 radical (unpaired) electrons. The molecule has 0 aromatic rings. The summed E-state index contributed by atoms with van der Waals surface area (Å²) < 4.78 is 0. The van der Waals surface area contributed by atoms with Crippen LogP contribution in [0.15, 0.2) is 12.2 Å². The average molecular weight is 194 g/mol.